The van der Waals surface area contributed by atoms with Crippen molar-refractivity contribution in [2.45, 2.75) is 24.5 Å². The van der Waals surface area contributed by atoms with Gasteiger partial charge in [0, 0.05) is 12.3 Å². The quantitative estimate of drug-likeness (QED) is 0.349. The smallest absolute Gasteiger partial charge is 0.330 e. The molecule has 1 aromatic heterocycles. The van der Waals surface area contributed by atoms with Gasteiger partial charge in [0.15, 0.2) is 6.23 Å². The first-order valence-electron chi connectivity index (χ1n) is 6.11. The highest BCUT2D eigenvalue weighted by atomic mass is 33.1. The molecule has 2 heterocycles. The zero-order valence-corrected chi connectivity index (χ0v) is 12.8. The molecule has 1 aliphatic rings. The number of nitrogens with one attached hydrogen (secondary N) is 1. The summed E-state index contributed by atoms with van der Waals surface area (Å²) in [5.74, 6) is 0.315. The Morgan fingerprint density at radius 1 is 1.52 bits per heavy atom. The van der Waals surface area contributed by atoms with Crippen LogP contribution in [0.25, 0.3) is 0 Å². The Morgan fingerprint density at radius 3 is 2.90 bits per heavy atom. The second-order valence-corrected chi connectivity index (χ2v) is 6.80. The number of ether oxygens (including phenoxy) is 2. The summed E-state index contributed by atoms with van der Waals surface area (Å²) >= 11 is 0. The van der Waals surface area contributed by atoms with Crippen LogP contribution < -0.4 is 11.2 Å². The van der Waals surface area contributed by atoms with Gasteiger partial charge in [-0.3, -0.25) is 14.3 Å². The van der Waals surface area contributed by atoms with E-state index >= 15 is 0 Å². The lowest BCUT2D eigenvalue weighted by Crippen LogP contribution is -2.38. The van der Waals surface area contributed by atoms with E-state index in [0.29, 0.717) is 5.94 Å². The van der Waals surface area contributed by atoms with Gasteiger partial charge in [-0.2, -0.15) is 0 Å². The van der Waals surface area contributed by atoms with Crippen molar-refractivity contribution in [2.75, 3.05) is 18.8 Å². The summed E-state index contributed by atoms with van der Waals surface area (Å²) in [6.45, 7) is -0.347. The normalized spacial score (nSPS) is 28.9. The number of aliphatic hydroxyl groups excluding tert-OH is 2. The summed E-state index contributed by atoms with van der Waals surface area (Å²) < 4.78 is 12.0. The molecule has 21 heavy (non-hydrogen) atoms. The molecule has 0 bridgehead atoms. The fourth-order valence-electron chi connectivity index (χ4n) is 2.08. The van der Waals surface area contributed by atoms with Crippen LogP contribution in [0.4, 0.5) is 0 Å². The Labute approximate surface area is 127 Å². The van der Waals surface area contributed by atoms with Crippen molar-refractivity contribution < 1.29 is 19.7 Å². The van der Waals surface area contributed by atoms with Gasteiger partial charge >= 0.3 is 5.69 Å². The van der Waals surface area contributed by atoms with E-state index < -0.39 is 35.8 Å². The van der Waals surface area contributed by atoms with Gasteiger partial charge in [0.2, 0.25) is 0 Å². The summed E-state index contributed by atoms with van der Waals surface area (Å²) in [5, 5.41) is 19.6. The molecule has 2 rings (SSSR count). The van der Waals surface area contributed by atoms with E-state index in [1.54, 1.807) is 0 Å². The van der Waals surface area contributed by atoms with Crippen LogP contribution in [-0.2, 0) is 9.47 Å². The maximum Gasteiger partial charge on any atom is 0.330 e. The molecule has 1 fully saturated rings. The zero-order chi connectivity index (χ0) is 15.4. The van der Waals surface area contributed by atoms with Gasteiger partial charge < -0.3 is 19.7 Å². The number of hydrogen-bond acceptors (Lipinski definition) is 8. The highest BCUT2D eigenvalue weighted by molar-refractivity contribution is 8.76. The minimum Gasteiger partial charge on any atom is -0.394 e. The summed E-state index contributed by atoms with van der Waals surface area (Å²) in [6, 6.07) is 1.16. The maximum absolute atomic E-state index is 11.7. The van der Waals surface area contributed by atoms with Gasteiger partial charge in [-0.1, -0.05) is 21.6 Å². The fraction of sp³-hybridized carbons (Fsp3) is 0.636. The molecule has 8 nitrogen and oxygen atoms in total. The number of aromatic nitrogens is 2. The highest BCUT2D eigenvalue weighted by Crippen LogP contribution is 2.31. The van der Waals surface area contributed by atoms with Crippen LogP contribution in [-0.4, -0.2) is 56.9 Å². The van der Waals surface area contributed by atoms with Crippen molar-refractivity contribution >= 4 is 21.6 Å². The van der Waals surface area contributed by atoms with E-state index in [1.807, 2.05) is 6.26 Å². The van der Waals surface area contributed by atoms with Gasteiger partial charge in [-0.05, 0) is 6.26 Å². The van der Waals surface area contributed by atoms with Crippen molar-refractivity contribution in [2.24, 2.45) is 0 Å². The maximum atomic E-state index is 11.7. The lowest BCUT2D eigenvalue weighted by molar-refractivity contribution is -0.0576. The average molecular weight is 336 g/mol. The molecule has 0 spiro atoms. The second kappa shape index (κ2) is 7.47. The summed E-state index contributed by atoms with van der Waals surface area (Å²) in [5.41, 5.74) is -1.23. The standard InChI is InChI=1S/C11H16N2O6S2/c1-20-21-5-18-9-6(4-14)19-10(8(9)16)13-3-2-7(15)12-11(13)17/h2-3,6,8-10,14,16H,4-5H2,1H3,(H,12,15,17)/t6-,8-,9-,10-/m1/s1. The molecular formula is C11H16N2O6S2. The monoisotopic (exact) mass is 336 g/mol. The Morgan fingerprint density at radius 2 is 2.29 bits per heavy atom. The molecule has 1 aromatic rings. The van der Waals surface area contributed by atoms with Crippen molar-refractivity contribution in [3.05, 3.63) is 33.1 Å². The van der Waals surface area contributed by atoms with Crippen molar-refractivity contribution in [1.82, 2.24) is 9.55 Å². The van der Waals surface area contributed by atoms with E-state index in [-0.39, 0.29) is 6.61 Å². The van der Waals surface area contributed by atoms with Gasteiger partial charge in [0.25, 0.3) is 5.56 Å². The predicted molar refractivity (Wildman–Crippen MR) is 79.2 cm³/mol. The average Bonchev–Trinajstić information content (AvgIpc) is 2.76. The van der Waals surface area contributed by atoms with Crippen LogP contribution >= 0.6 is 21.6 Å². The fourth-order valence-corrected chi connectivity index (χ4v) is 2.85. The van der Waals surface area contributed by atoms with Crippen LogP contribution in [0.3, 0.4) is 0 Å². The number of nitrogens with zero attached hydrogens (tertiary/aromatic N) is 1. The Balaban J connectivity index is 2.18. The Bertz CT molecular complexity index is 576. The Kier molecular flexibility index (Phi) is 5.90. The minimum absolute atomic E-state index is 0.315. The van der Waals surface area contributed by atoms with Crippen molar-refractivity contribution in [3.63, 3.8) is 0 Å². The molecule has 0 saturated carbocycles. The van der Waals surface area contributed by atoms with Gasteiger partial charge in [0.1, 0.15) is 24.3 Å². The minimum atomic E-state index is -1.13. The third kappa shape index (κ3) is 3.71. The van der Waals surface area contributed by atoms with E-state index in [4.69, 9.17) is 9.47 Å². The molecule has 0 amide bonds. The van der Waals surface area contributed by atoms with E-state index in [2.05, 4.69) is 4.98 Å². The lowest BCUT2D eigenvalue weighted by Gasteiger charge is -2.19. The number of aliphatic hydroxyl groups is 2. The molecule has 1 saturated heterocycles. The predicted octanol–water partition coefficient (Wildman–Crippen LogP) is -0.859. The summed E-state index contributed by atoms with van der Waals surface area (Å²) in [4.78, 5) is 24.9. The lowest BCUT2D eigenvalue weighted by atomic mass is 10.1. The van der Waals surface area contributed by atoms with Gasteiger partial charge in [-0.15, -0.1) is 0 Å². The molecule has 0 aliphatic carbocycles. The molecule has 1 aliphatic heterocycles. The molecule has 118 valence electrons. The molecule has 10 heteroatoms. The Hall–Kier alpha value is -0.780. The summed E-state index contributed by atoms with van der Waals surface area (Å²) in [6.07, 6.45) is -0.515. The van der Waals surface area contributed by atoms with Crippen LogP contribution in [0.2, 0.25) is 0 Å². The molecule has 0 aromatic carbocycles. The third-order valence-electron chi connectivity index (χ3n) is 3.04. The zero-order valence-electron chi connectivity index (χ0n) is 11.2. The molecule has 0 radical (unpaired) electrons. The van der Waals surface area contributed by atoms with Gasteiger partial charge in [-0.25, -0.2) is 4.79 Å². The molecule has 0 unspecified atom stereocenters. The topological polar surface area (TPSA) is 114 Å². The molecular weight excluding hydrogens is 320 g/mol. The number of rotatable bonds is 6. The first-order chi connectivity index (χ1) is 10.1. The van der Waals surface area contributed by atoms with Crippen LogP contribution in [0.5, 0.6) is 0 Å². The largest absolute Gasteiger partial charge is 0.394 e. The second-order valence-electron chi connectivity index (χ2n) is 4.29. The number of H-pyrrole nitrogens is 1. The first-order valence-corrected chi connectivity index (χ1v) is 8.84. The van der Waals surface area contributed by atoms with Crippen molar-refractivity contribution in [1.29, 1.82) is 0 Å². The first kappa shape index (κ1) is 16.6. The van der Waals surface area contributed by atoms with Crippen LogP contribution in [0.15, 0.2) is 21.9 Å². The highest BCUT2D eigenvalue weighted by Gasteiger charge is 2.45. The summed E-state index contributed by atoms with van der Waals surface area (Å²) in [7, 11) is 2.95. The van der Waals surface area contributed by atoms with Gasteiger partial charge in [0.05, 0.1) is 6.61 Å². The third-order valence-corrected chi connectivity index (χ3v) is 4.50. The van der Waals surface area contributed by atoms with E-state index in [0.717, 1.165) is 10.6 Å². The molecule has 4 atom stereocenters. The van der Waals surface area contributed by atoms with E-state index in [9.17, 15) is 19.8 Å². The van der Waals surface area contributed by atoms with Crippen LogP contribution in [0.1, 0.15) is 6.23 Å². The molecule has 3 N–H and O–H groups in total. The van der Waals surface area contributed by atoms with Crippen molar-refractivity contribution in [3.8, 4) is 0 Å². The van der Waals surface area contributed by atoms with E-state index in [1.165, 1.54) is 27.8 Å². The van der Waals surface area contributed by atoms with Crippen LogP contribution in [0, 0.1) is 0 Å². The SMILES string of the molecule is CSSCO[C@H]1[C@@H](O)[C@H](n2ccc(=O)[nH]c2=O)O[C@@H]1CO. The number of hydrogen-bond donors (Lipinski definition) is 3. The number of aromatic amines is 1.